The minimum absolute atomic E-state index is 0.0892. The summed E-state index contributed by atoms with van der Waals surface area (Å²) in [5.74, 6) is 0. The highest BCUT2D eigenvalue weighted by Gasteiger charge is 2.45. The monoisotopic (exact) mass is 695 g/mol. The maximum absolute atomic E-state index is 2.58. The summed E-state index contributed by atoms with van der Waals surface area (Å²) >= 11 is 0. The molecule has 1 heteroatoms. The maximum atomic E-state index is 2.58. The van der Waals surface area contributed by atoms with Crippen molar-refractivity contribution in [1.29, 1.82) is 0 Å². The van der Waals surface area contributed by atoms with Crippen molar-refractivity contribution in [3.63, 3.8) is 0 Å². The molecule has 1 fully saturated rings. The second-order valence-corrected chi connectivity index (χ2v) is 17.2. The summed E-state index contributed by atoms with van der Waals surface area (Å²) in [6.07, 6.45) is 5.00. The molecule has 0 aliphatic heterocycles. The van der Waals surface area contributed by atoms with Crippen molar-refractivity contribution >= 4 is 17.1 Å². The Balaban J connectivity index is 1.15. The van der Waals surface area contributed by atoms with Crippen molar-refractivity contribution in [1.82, 2.24) is 0 Å². The van der Waals surface area contributed by atoms with E-state index in [1.165, 1.54) is 121 Å². The van der Waals surface area contributed by atoms with Gasteiger partial charge in [0, 0.05) is 33.2 Å². The van der Waals surface area contributed by atoms with Gasteiger partial charge in [-0.25, -0.2) is 0 Å². The zero-order chi connectivity index (χ0) is 36.4. The third kappa shape index (κ3) is 4.16. The van der Waals surface area contributed by atoms with Crippen LogP contribution in [0.2, 0.25) is 0 Å². The van der Waals surface area contributed by atoms with E-state index < -0.39 is 0 Å². The van der Waals surface area contributed by atoms with Crippen LogP contribution in [-0.2, 0) is 16.2 Å². The van der Waals surface area contributed by atoms with Gasteiger partial charge in [-0.2, -0.15) is 0 Å². The van der Waals surface area contributed by atoms with E-state index >= 15 is 0 Å². The number of rotatable bonds is 4. The van der Waals surface area contributed by atoms with E-state index in [0.717, 1.165) is 0 Å². The average molecular weight is 696 g/mol. The third-order valence-electron chi connectivity index (χ3n) is 13.8. The maximum Gasteiger partial charge on any atom is 0.0543 e. The number of nitrogens with zero attached hydrogens (tertiary/aromatic N) is 1. The Kier molecular flexibility index (Phi) is 6.59. The van der Waals surface area contributed by atoms with Crippen molar-refractivity contribution in [3.05, 3.63) is 185 Å². The number of hydrogen-bond donors (Lipinski definition) is 0. The van der Waals surface area contributed by atoms with Gasteiger partial charge in [-0.15, -0.1) is 0 Å². The Morgan fingerprint density at radius 3 is 1.74 bits per heavy atom. The second kappa shape index (κ2) is 11.2. The molecule has 0 aromatic heterocycles. The van der Waals surface area contributed by atoms with Gasteiger partial charge in [0.05, 0.1) is 5.69 Å². The van der Waals surface area contributed by atoms with Crippen LogP contribution >= 0.6 is 0 Å². The molecular weight excluding hydrogens is 651 g/mol. The van der Waals surface area contributed by atoms with Crippen LogP contribution in [0.1, 0.15) is 86.8 Å². The van der Waals surface area contributed by atoms with E-state index in [4.69, 9.17) is 0 Å². The molecule has 0 radical (unpaired) electrons. The molecule has 0 saturated heterocycles. The van der Waals surface area contributed by atoms with Gasteiger partial charge in [-0.3, -0.25) is 0 Å². The molecule has 0 atom stereocenters. The van der Waals surface area contributed by atoms with Gasteiger partial charge in [0.15, 0.2) is 0 Å². The molecule has 7 aromatic carbocycles. The molecular formula is C53H45N. The van der Waals surface area contributed by atoms with Crippen LogP contribution in [0.4, 0.5) is 17.1 Å². The summed E-state index contributed by atoms with van der Waals surface area (Å²) in [4.78, 5) is 2.58. The van der Waals surface area contributed by atoms with Crippen LogP contribution in [0.15, 0.2) is 152 Å². The highest BCUT2D eigenvalue weighted by Crippen LogP contribution is 2.59. The topological polar surface area (TPSA) is 3.24 Å². The first kappa shape index (κ1) is 31.8. The standard InChI is InChI=1S/C53H45N/c1-51(2)44-24-9-7-20-42(44)49-46(51)26-15-27-48(49)54(36-28-29-40-38-18-6-10-25-45(38)53(47(40)33-36)30-11-12-31-53)35-17-13-16-34(32-35)37-21-14-22-41-39-19-5-8-23-43(39)52(3,4)50(37)41/h5-10,13-29,32-33H,11-12,30-31H2,1-4H3. The molecule has 0 N–H and O–H groups in total. The fraction of sp³-hybridized carbons (Fsp3) is 0.208. The largest absolute Gasteiger partial charge is 0.310 e. The Hall–Kier alpha value is -5.66. The summed E-state index contributed by atoms with van der Waals surface area (Å²) in [7, 11) is 0. The first-order chi connectivity index (χ1) is 26.3. The minimum Gasteiger partial charge on any atom is -0.310 e. The first-order valence-electron chi connectivity index (χ1n) is 19.9. The van der Waals surface area contributed by atoms with Crippen LogP contribution in [0.3, 0.4) is 0 Å². The molecule has 0 amide bonds. The summed E-state index contributed by atoms with van der Waals surface area (Å²) in [5, 5.41) is 0. The quantitative estimate of drug-likeness (QED) is 0.177. The number of anilines is 3. The van der Waals surface area contributed by atoms with Crippen molar-refractivity contribution in [3.8, 4) is 44.5 Å². The van der Waals surface area contributed by atoms with Crippen molar-refractivity contribution in [2.75, 3.05) is 4.90 Å². The Bertz CT molecular complexity index is 2680. The lowest BCUT2D eigenvalue weighted by molar-refractivity contribution is 0.550. The van der Waals surface area contributed by atoms with E-state index in [1.54, 1.807) is 0 Å². The number of fused-ring (bicyclic) bond motifs is 11. The third-order valence-corrected chi connectivity index (χ3v) is 13.8. The SMILES string of the molecule is CC1(C)c2ccccc2-c2c(N(c3cccc(-c4cccc5c4C(C)(C)c4ccccc4-5)c3)c3ccc4c(c3)C3(CCCC3)c3ccccc3-4)cccc21. The lowest BCUT2D eigenvalue weighted by Gasteiger charge is -2.32. The normalized spacial score (nSPS) is 17.0. The van der Waals surface area contributed by atoms with Gasteiger partial charge < -0.3 is 4.90 Å². The Morgan fingerprint density at radius 1 is 0.407 bits per heavy atom. The van der Waals surface area contributed by atoms with E-state index in [2.05, 4.69) is 184 Å². The van der Waals surface area contributed by atoms with Crippen LogP contribution in [0, 0.1) is 0 Å². The van der Waals surface area contributed by atoms with Crippen LogP contribution in [0.25, 0.3) is 44.5 Å². The predicted octanol–water partition coefficient (Wildman–Crippen LogP) is 14.3. The van der Waals surface area contributed by atoms with Crippen LogP contribution in [0.5, 0.6) is 0 Å². The molecule has 7 aromatic rings. The fourth-order valence-electron chi connectivity index (χ4n) is 11.3. The molecule has 1 spiro atoms. The molecule has 1 nitrogen and oxygen atoms in total. The predicted molar refractivity (Wildman–Crippen MR) is 226 cm³/mol. The molecule has 4 aliphatic carbocycles. The van der Waals surface area contributed by atoms with Gasteiger partial charge in [0.25, 0.3) is 0 Å². The fourth-order valence-corrected chi connectivity index (χ4v) is 11.3. The van der Waals surface area contributed by atoms with Crippen LogP contribution in [-0.4, -0.2) is 0 Å². The number of hydrogen-bond acceptors (Lipinski definition) is 1. The van der Waals surface area contributed by atoms with Gasteiger partial charge in [0.1, 0.15) is 0 Å². The first-order valence-corrected chi connectivity index (χ1v) is 19.9. The van der Waals surface area contributed by atoms with E-state index in [9.17, 15) is 0 Å². The molecule has 4 aliphatic rings. The van der Waals surface area contributed by atoms with Gasteiger partial charge in [-0.1, -0.05) is 162 Å². The molecule has 0 unspecified atom stereocenters. The highest BCUT2D eigenvalue weighted by atomic mass is 15.1. The van der Waals surface area contributed by atoms with Crippen molar-refractivity contribution in [2.24, 2.45) is 0 Å². The summed E-state index contributed by atoms with van der Waals surface area (Å²) in [6.45, 7) is 9.56. The van der Waals surface area contributed by atoms with Gasteiger partial charge >= 0.3 is 0 Å². The Morgan fingerprint density at radius 2 is 0.963 bits per heavy atom. The zero-order valence-corrected chi connectivity index (χ0v) is 31.7. The van der Waals surface area contributed by atoms with E-state index in [-0.39, 0.29) is 16.2 Å². The van der Waals surface area contributed by atoms with E-state index in [0.29, 0.717) is 0 Å². The van der Waals surface area contributed by atoms with Crippen molar-refractivity contribution < 1.29 is 0 Å². The number of benzene rings is 7. The van der Waals surface area contributed by atoms with Crippen LogP contribution < -0.4 is 4.90 Å². The Labute approximate surface area is 320 Å². The molecule has 0 heterocycles. The highest BCUT2D eigenvalue weighted by molar-refractivity contribution is 5.97. The molecule has 11 rings (SSSR count). The lowest BCUT2D eigenvalue weighted by Crippen LogP contribution is -2.21. The summed E-state index contributed by atoms with van der Waals surface area (Å²) in [5.41, 5.74) is 23.0. The molecule has 0 bridgehead atoms. The zero-order valence-electron chi connectivity index (χ0n) is 31.7. The lowest BCUT2D eigenvalue weighted by atomic mass is 9.76. The van der Waals surface area contributed by atoms with E-state index in [1.807, 2.05) is 0 Å². The van der Waals surface area contributed by atoms with Gasteiger partial charge in [0.2, 0.25) is 0 Å². The average Bonchev–Trinajstić information content (AvgIpc) is 3.93. The second-order valence-electron chi connectivity index (χ2n) is 17.2. The van der Waals surface area contributed by atoms with Gasteiger partial charge in [-0.05, 0) is 115 Å². The molecule has 262 valence electrons. The minimum atomic E-state index is -0.0989. The molecule has 1 saturated carbocycles. The molecule has 54 heavy (non-hydrogen) atoms. The smallest absolute Gasteiger partial charge is 0.0543 e. The summed E-state index contributed by atoms with van der Waals surface area (Å²) in [6, 6.07) is 57.9. The van der Waals surface area contributed by atoms with Crippen molar-refractivity contribution in [2.45, 2.75) is 69.6 Å². The summed E-state index contributed by atoms with van der Waals surface area (Å²) < 4.78 is 0.